The van der Waals surface area contributed by atoms with Gasteiger partial charge in [0.1, 0.15) is 5.75 Å². The summed E-state index contributed by atoms with van der Waals surface area (Å²) in [6, 6.07) is 7.72. The molecule has 0 fully saturated rings. The number of nitro groups is 1. The molecule has 0 bridgehead atoms. The van der Waals surface area contributed by atoms with Crippen LogP contribution in [0.15, 0.2) is 35.2 Å². The average Bonchev–Trinajstić information content (AvgIpc) is 2.52. The Hall–Kier alpha value is -2.45. The summed E-state index contributed by atoms with van der Waals surface area (Å²) >= 11 is 0. The van der Waals surface area contributed by atoms with Gasteiger partial charge in [-0.2, -0.15) is 8.42 Å². The minimum atomic E-state index is -4.81. The number of hydrogen-bond donors (Lipinski definition) is 2. The van der Waals surface area contributed by atoms with Crippen LogP contribution in [0.25, 0.3) is 0 Å². The van der Waals surface area contributed by atoms with Crippen molar-refractivity contribution in [2.45, 2.75) is 63.7 Å². The van der Waals surface area contributed by atoms with Crippen LogP contribution in [-0.2, 0) is 27.4 Å². The lowest BCUT2D eigenvalue weighted by atomic mass is 9.74. The van der Waals surface area contributed by atoms with E-state index in [1.54, 1.807) is 32.9 Å². The molecule has 0 spiro atoms. The molecule has 2 rings (SSSR count). The standard InChI is InChI=1S/C21H27NO6S/c1-20(2,3)16-12-17(29(26,27)28)19(22(24)25)18(21(4,5)6)15(16)11-13-7-9-14(23)10-8-13/h7-10,12,23H,11H2,1-6H3,(H,26,27,28). The van der Waals surface area contributed by atoms with Crippen LogP contribution in [0, 0.1) is 10.1 Å². The van der Waals surface area contributed by atoms with Gasteiger partial charge in [0.15, 0.2) is 4.90 Å². The molecular formula is C21H27NO6S. The molecule has 0 heterocycles. The molecule has 8 heteroatoms. The van der Waals surface area contributed by atoms with Crippen LogP contribution in [0.5, 0.6) is 5.75 Å². The van der Waals surface area contributed by atoms with Crippen LogP contribution < -0.4 is 0 Å². The first-order valence-corrected chi connectivity index (χ1v) is 10.6. The van der Waals surface area contributed by atoms with Gasteiger partial charge in [0.2, 0.25) is 0 Å². The van der Waals surface area contributed by atoms with Crippen molar-refractivity contribution < 1.29 is 23.0 Å². The highest BCUT2D eigenvalue weighted by Crippen LogP contribution is 2.44. The van der Waals surface area contributed by atoms with Gasteiger partial charge in [-0.05, 0) is 52.1 Å². The van der Waals surface area contributed by atoms with Gasteiger partial charge < -0.3 is 5.11 Å². The average molecular weight is 422 g/mol. The second kappa shape index (κ2) is 7.42. The molecule has 29 heavy (non-hydrogen) atoms. The first kappa shape index (κ1) is 22.8. The van der Waals surface area contributed by atoms with Gasteiger partial charge in [0.25, 0.3) is 5.69 Å². The van der Waals surface area contributed by atoms with Crippen molar-refractivity contribution in [3.05, 3.63) is 62.7 Å². The fourth-order valence-corrected chi connectivity index (χ4v) is 4.23. The first-order valence-electron chi connectivity index (χ1n) is 9.14. The van der Waals surface area contributed by atoms with E-state index in [2.05, 4.69) is 0 Å². The number of benzene rings is 2. The van der Waals surface area contributed by atoms with Crippen molar-refractivity contribution in [2.75, 3.05) is 0 Å². The van der Waals surface area contributed by atoms with Gasteiger partial charge in [-0.1, -0.05) is 53.7 Å². The lowest BCUT2D eigenvalue weighted by Crippen LogP contribution is -2.25. The third kappa shape index (κ3) is 4.94. The zero-order valence-electron chi connectivity index (χ0n) is 17.5. The second-order valence-corrected chi connectivity index (χ2v) is 10.6. The number of nitrogens with zero attached hydrogens (tertiary/aromatic N) is 1. The van der Waals surface area contributed by atoms with Gasteiger partial charge in [-0.25, -0.2) is 0 Å². The maximum Gasteiger partial charge on any atom is 0.301 e. The number of rotatable bonds is 4. The Morgan fingerprint density at radius 3 is 1.90 bits per heavy atom. The van der Waals surface area contributed by atoms with Crippen LogP contribution in [0.2, 0.25) is 0 Å². The zero-order valence-corrected chi connectivity index (χ0v) is 18.3. The number of aromatic hydroxyl groups is 1. The van der Waals surface area contributed by atoms with Crippen molar-refractivity contribution in [3.63, 3.8) is 0 Å². The van der Waals surface area contributed by atoms with Crippen molar-refractivity contribution >= 4 is 15.8 Å². The highest BCUT2D eigenvalue weighted by molar-refractivity contribution is 7.86. The Kier molecular flexibility index (Phi) is 5.84. The first-order chi connectivity index (χ1) is 13.0. The van der Waals surface area contributed by atoms with E-state index >= 15 is 0 Å². The molecule has 0 atom stereocenters. The maximum absolute atomic E-state index is 12.0. The van der Waals surface area contributed by atoms with Crippen LogP contribution in [0.3, 0.4) is 0 Å². The van der Waals surface area contributed by atoms with E-state index in [4.69, 9.17) is 0 Å². The van der Waals surface area contributed by atoms with Gasteiger partial charge in [0, 0.05) is 5.56 Å². The second-order valence-electron chi connectivity index (χ2n) is 9.20. The molecule has 2 aromatic carbocycles. The molecule has 158 valence electrons. The fourth-order valence-electron chi connectivity index (χ4n) is 3.54. The van der Waals surface area contributed by atoms with E-state index in [-0.39, 0.29) is 11.3 Å². The largest absolute Gasteiger partial charge is 0.508 e. The molecule has 0 saturated heterocycles. The Labute approximate surface area is 171 Å². The fraction of sp³-hybridized carbons (Fsp3) is 0.429. The van der Waals surface area contributed by atoms with E-state index < -0.39 is 36.5 Å². The monoisotopic (exact) mass is 421 g/mol. The molecule has 0 unspecified atom stereocenters. The molecule has 0 saturated carbocycles. The molecule has 0 amide bonds. The van der Waals surface area contributed by atoms with E-state index in [9.17, 15) is 28.2 Å². The summed E-state index contributed by atoms with van der Waals surface area (Å²) in [6.07, 6.45) is 0.312. The third-order valence-corrected chi connectivity index (χ3v) is 5.58. The number of phenolic OH excluding ortho intramolecular Hbond substituents is 1. The van der Waals surface area contributed by atoms with Gasteiger partial charge in [-0.3, -0.25) is 14.7 Å². The van der Waals surface area contributed by atoms with Crippen LogP contribution in [0.4, 0.5) is 5.69 Å². The van der Waals surface area contributed by atoms with E-state index in [1.807, 2.05) is 20.8 Å². The van der Waals surface area contributed by atoms with Crippen LogP contribution in [-0.4, -0.2) is 23.0 Å². The Morgan fingerprint density at radius 1 is 1.00 bits per heavy atom. The predicted molar refractivity (Wildman–Crippen MR) is 111 cm³/mol. The van der Waals surface area contributed by atoms with Gasteiger partial charge >= 0.3 is 10.1 Å². The zero-order chi connectivity index (χ0) is 22.4. The van der Waals surface area contributed by atoms with Crippen LogP contribution >= 0.6 is 0 Å². The molecule has 0 aliphatic rings. The Morgan fingerprint density at radius 2 is 1.52 bits per heavy atom. The molecule has 0 aliphatic heterocycles. The third-order valence-electron chi connectivity index (χ3n) is 4.71. The maximum atomic E-state index is 12.0. The highest BCUT2D eigenvalue weighted by atomic mass is 32.2. The summed E-state index contributed by atoms with van der Waals surface area (Å²) in [5, 5.41) is 21.5. The molecule has 0 aromatic heterocycles. The highest BCUT2D eigenvalue weighted by Gasteiger charge is 2.38. The minimum absolute atomic E-state index is 0.105. The Bertz CT molecular complexity index is 1040. The summed E-state index contributed by atoms with van der Waals surface area (Å²) in [7, 11) is -4.81. The summed E-state index contributed by atoms with van der Waals surface area (Å²) < 4.78 is 33.8. The number of phenols is 1. The normalized spacial score (nSPS) is 12.8. The van der Waals surface area contributed by atoms with Crippen molar-refractivity contribution in [3.8, 4) is 5.75 Å². The summed E-state index contributed by atoms with van der Waals surface area (Å²) in [6.45, 7) is 11.0. The Balaban J connectivity index is 3.04. The lowest BCUT2D eigenvalue weighted by molar-refractivity contribution is -0.389. The summed E-state index contributed by atoms with van der Waals surface area (Å²) in [5.41, 5.74) is 0.435. The molecule has 7 nitrogen and oxygen atoms in total. The van der Waals surface area contributed by atoms with Crippen molar-refractivity contribution in [2.24, 2.45) is 0 Å². The predicted octanol–water partition coefficient (Wildman–Crippen LogP) is 4.73. The lowest BCUT2D eigenvalue weighted by Gasteiger charge is -2.30. The van der Waals surface area contributed by atoms with Gasteiger partial charge in [-0.15, -0.1) is 0 Å². The SMILES string of the molecule is CC(C)(C)c1cc(S(=O)(=O)O)c([N+](=O)[O-])c(C(C)(C)C)c1Cc1ccc(O)cc1. The molecular weight excluding hydrogens is 394 g/mol. The van der Waals surface area contributed by atoms with Gasteiger partial charge in [0.05, 0.1) is 4.92 Å². The topological polar surface area (TPSA) is 118 Å². The molecule has 2 N–H and O–H groups in total. The van der Waals surface area contributed by atoms with Crippen LogP contribution in [0.1, 0.15) is 63.8 Å². The van der Waals surface area contributed by atoms with E-state index in [1.165, 1.54) is 18.2 Å². The quantitative estimate of drug-likeness (QED) is 0.418. The van der Waals surface area contributed by atoms with E-state index in [0.717, 1.165) is 5.56 Å². The van der Waals surface area contributed by atoms with E-state index in [0.29, 0.717) is 17.5 Å². The number of nitro benzene ring substituents is 1. The van der Waals surface area contributed by atoms with Crippen molar-refractivity contribution in [1.82, 2.24) is 0 Å². The molecule has 0 radical (unpaired) electrons. The molecule has 0 aliphatic carbocycles. The number of hydrogen-bond acceptors (Lipinski definition) is 5. The van der Waals surface area contributed by atoms with Crippen molar-refractivity contribution in [1.29, 1.82) is 0 Å². The minimum Gasteiger partial charge on any atom is -0.508 e. The smallest absolute Gasteiger partial charge is 0.301 e. The summed E-state index contributed by atoms with van der Waals surface area (Å²) in [4.78, 5) is 10.5. The summed E-state index contributed by atoms with van der Waals surface area (Å²) in [5.74, 6) is 0.105. The molecule has 2 aromatic rings.